The summed E-state index contributed by atoms with van der Waals surface area (Å²) in [4.78, 5) is 12.7. The number of aryl methyl sites for hydroxylation is 1. The van der Waals surface area contributed by atoms with Gasteiger partial charge in [-0.05, 0) is 30.7 Å². The maximum Gasteiger partial charge on any atom is 0.268 e. The highest BCUT2D eigenvalue weighted by molar-refractivity contribution is 7.15. The van der Waals surface area contributed by atoms with Crippen molar-refractivity contribution >= 4 is 39.4 Å². The first kappa shape index (κ1) is 23.0. The van der Waals surface area contributed by atoms with Gasteiger partial charge in [0.15, 0.2) is 11.5 Å². The van der Waals surface area contributed by atoms with Crippen LogP contribution in [0.4, 0.5) is 5.13 Å². The van der Waals surface area contributed by atoms with Gasteiger partial charge in [-0.15, -0.1) is 10.2 Å². The van der Waals surface area contributed by atoms with Crippen molar-refractivity contribution in [3.8, 4) is 17.6 Å². The van der Waals surface area contributed by atoms with E-state index in [1.165, 1.54) is 11.3 Å². The third-order valence-corrected chi connectivity index (χ3v) is 6.12. The van der Waals surface area contributed by atoms with E-state index < -0.39 is 5.91 Å². The third-order valence-electron chi connectivity index (χ3n) is 5.13. The molecule has 0 saturated heterocycles. The van der Waals surface area contributed by atoms with E-state index in [9.17, 15) is 10.1 Å². The topological polar surface area (TPSA) is 102 Å². The van der Waals surface area contributed by atoms with Crippen LogP contribution in [0.3, 0.4) is 0 Å². The number of hydrogen-bond acceptors (Lipinski definition) is 7. The van der Waals surface area contributed by atoms with Crippen molar-refractivity contribution < 1.29 is 14.3 Å². The van der Waals surface area contributed by atoms with Gasteiger partial charge in [0.1, 0.15) is 23.3 Å². The van der Waals surface area contributed by atoms with Crippen LogP contribution in [0.25, 0.3) is 17.0 Å². The summed E-state index contributed by atoms with van der Waals surface area (Å²) in [6.45, 7) is 2.96. The third kappa shape index (κ3) is 5.08. The van der Waals surface area contributed by atoms with Crippen LogP contribution >= 0.6 is 11.3 Å². The molecule has 2 aromatic carbocycles. The SMILES string of the molecule is CCc1nnc(NC(=O)/C(C#N)=C\c2cn(CCOc3ccccc3OC)c3ccccc23)s1. The Balaban J connectivity index is 1.54. The summed E-state index contributed by atoms with van der Waals surface area (Å²) in [7, 11) is 1.61. The van der Waals surface area contributed by atoms with Crippen LogP contribution in [-0.4, -0.2) is 34.4 Å². The summed E-state index contributed by atoms with van der Waals surface area (Å²) in [5.41, 5.74) is 1.74. The van der Waals surface area contributed by atoms with Gasteiger partial charge in [-0.25, -0.2) is 0 Å². The monoisotopic (exact) mass is 473 g/mol. The van der Waals surface area contributed by atoms with Gasteiger partial charge in [-0.3, -0.25) is 10.1 Å². The lowest BCUT2D eigenvalue weighted by Crippen LogP contribution is -2.13. The largest absolute Gasteiger partial charge is 0.493 e. The summed E-state index contributed by atoms with van der Waals surface area (Å²) in [5, 5.41) is 22.4. The molecule has 9 heteroatoms. The number of fused-ring (bicyclic) bond motifs is 1. The van der Waals surface area contributed by atoms with E-state index in [-0.39, 0.29) is 5.57 Å². The molecule has 0 aliphatic carbocycles. The Bertz CT molecular complexity index is 1380. The number of carbonyl (C=O) groups is 1. The maximum atomic E-state index is 12.7. The van der Waals surface area contributed by atoms with Gasteiger partial charge in [-0.1, -0.05) is 48.6 Å². The number of carbonyl (C=O) groups excluding carboxylic acids is 1. The first-order valence-corrected chi connectivity index (χ1v) is 11.5. The first-order valence-electron chi connectivity index (χ1n) is 10.7. The number of aromatic nitrogens is 3. The molecule has 0 fully saturated rings. The van der Waals surface area contributed by atoms with Gasteiger partial charge in [0.05, 0.1) is 13.7 Å². The lowest BCUT2D eigenvalue weighted by atomic mass is 10.1. The van der Waals surface area contributed by atoms with Gasteiger partial charge in [0.25, 0.3) is 5.91 Å². The van der Waals surface area contributed by atoms with E-state index in [4.69, 9.17) is 9.47 Å². The Morgan fingerprint density at radius 2 is 1.94 bits per heavy atom. The molecule has 0 saturated carbocycles. The smallest absolute Gasteiger partial charge is 0.268 e. The van der Waals surface area contributed by atoms with Crippen molar-refractivity contribution in [3.05, 3.63) is 70.9 Å². The van der Waals surface area contributed by atoms with Gasteiger partial charge in [0.2, 0.25) is 5.13 Å². The number of ether oxygens (including phenoxy) is 2. The Morgan fingerprint density at radius 3 is 2.68 bits per heavy atom. The normalized spacial score (nSPS) is 11.3. The molecule has 0 bridgehead atoms. The standard InChI is InChI=1S/C25H23N5O3S/c1-3-23-28-29-25(34-23)27-24(31)17(15-26)14-18-16-30(20-9-5-4-8-19(18)20)12-13-33-22-11-7-6-10-21(22)32-2/h4-11,14,16H,3,12-13H2,1-2H3,(H,27,29,31)/b17-14-. The quantitative estimate of drug-likeness (QED) is 0.280. The van der Waals surface area contributed by atoms with E-state index in [1.54, 1.807) is 13.2 Å². The Hall–Kier alpha value is -4.16. The predicted molar refractivity (Wildman–Crippen MR) is 132 cm³/mol. The van der Waals surface area contributed by atoms with Gasteiger partial charge < -0.3 is 14.0 Å². The molecule has 0 unspecified atom stereocenters. The van der Waals surface area contributed by atoms with E-state index in [0.29, 0.717) is 29.8 Å². The summed E-state index contributed by atoms with van der Waals surface area (Å²) in [6, 6.07) is 17.3. The minimum absolute atomic E-state index is 0.0126. The minimum atomic E-state index is -0.516. The summed E-state index contributed by atoms with van der Waals surface area (Å²) >= 11 is 1.29. The number of para-hydroxylation sites is 3. The molecule has 0 spiro atoms. The fraction of sp³-hybridized carbons (Fsp3) is 0.200. The van der Waals surface area contributed by atoms with E-state index in [2.05, 4.69) is 15.5 Å². The van der Waals surface area contributed by atoms with Crippen LogP contribution in [-0.2, 0) is 17.8 Å². The number of benzene rings is 2. The van der Waals surface area contributed by atoms with E-state index >= 15 is 0 Å². The lowest BCUT2D eigenvalue weighted by molar-refractivity contribution is -0.112. The molecule has 0 radical (unpaired) electrons. The van der Waals surface area contributed by atoms with Gasteiger partial charge in [-0.2, -0.15) is 5.26 Å². The molecule has 4 aromatic rings. The molecule has 34 heavy (non-hydrogen) atoms. The summed E-state index contributed by atoms with van der Waals surface area (Å²) in [6.07, 6.45) is 4.24. The first-order chi connectivity index (χ1) is 16.6. The second-order valence-electron chi connectivity index (χ2n) is 7.27. The van der Waals surface area contributed by atoms with Crippen LogP contribution in [0.1, 0.15) is 17.5 Å². The fourth-order valence-corrected chi connectivity index (χ4v) is 4.16. The number of anilines is 1. The second-order valence-corrected chi connectivity index (χ2v) is 8.33. The van der Waals surface area contributed by atoms with Crippen LogP contribution < -0.4 is 14.8 Å². The zero-order valence-corrected chi connectivity index (χ0v) is 19.6. The molecule has 8 nitrogen and oxygen atoms in total. The number of nitrogens with one attached hydrogen (secondary N) is 1. The Kier molecular flexibility index (Phi) is 7.20. The molecule has 4 rings (SSSR count). The zero-order valence-electron chi connectivity index (χ0n) is 18.8. The minimum Gasteiger partial charge on any atom is -0.493 e. The molecule has 0 aliphatic rings. The highest BCUT2D eigenvalue weighted by Gasteiger charge is 2.15. The van der Waals surface area contributed by atoms with Crippen LogP contribution in [0.15, 0.2) is 60.3 Å². The highest BCUT2D eigenvalue weighted by atomic mass is 32.1. The number of methoxy groups -OCH3 is 1. The molecule has 1 amide bonds. The van der Waals surface area contributed by atoms with E-state index in [1.807, 2.05) is 72.3 Å². The number of rotatable bonds is 9. The molecule has 1 N–H and O–H groups in total. The summed E-state index contributed by atoms with van der Waals surface area (Å²) < 4.78 is 13.3. The Labute approximate surface area is 201 Å². The fourth-order valence-electron chi connectivity index (χ4n) is 3.48. The molecule has 172 valence electrons. The summed E-state index contributed by atoms with van der Waals surface area (Å²) in [5.74, 6) is 0.834. The molecule has 0 aliphatic heterocycles. The predicted octanol–water partition coefficient (Wildman–Crippen LogP) is 4.69. The van der Waals surface area contributed by atoms with Crippen molar-refractivity contribution in [3.63, 3.8) is 0 Å². The molecule has 2 aromatic heterocycles. The lowest BCUT2D eigenvalue weighted by Gasteiger charge is -2.11. The van der Waals surface area contributed by atoms with Crippen molar-refractivity contribution in [2.75, 3.05) is 19.0 Å². The number of nitriles is 1. The Morgan fingerprint density at radius 1 is 1.18 bits per heavy atom. The molecule has 0 atom stereocenters. The van der Waals surface area contributed by atoms with Crippen LogP contribution in [0, 0.1) is 11.3 Å². The average Bonchev–Trinajstić information content (AvgIpc) is 3.47. The van der Waals surface area contributed by atoms with Crippen molar-refractivity contribution in [2.45, 2.75) is 19.9 Å². The van der Waals surface area contributed by atoms with Crippen molar-refractivity contribution in [1.29, 1.82) is 5.26 Å². The highest BCUT2D eigenvalue weighted by Crippen LogP contribution is 2.27. The van der Waals surface area contributed by atoms with Crippen LogP contribution in [0.2, 0.25) is 0 Å². The molecule has 2 heterocycles. The van der Waals surface area contributed by atoms with Crippen molar-refractivity contribution in [2.24, 2.45) is 0 Å². The zero-order chi connectivity index (χ0) is 23.9. The van der Waals surface area contributed by atoms with Crippen molar-refractivity contribution in [1.82, 2.24) is 14.8 Å². The van der Waals surface area contributed by atoms with Crippen LogP contribution in [0.5, 0.6) is 11.5 Å². The number of nitrogens with zero attached hydrogens (tertiary/aromatic N) is 4. The molecular weight excluding hydrogens is 450 g/mol. The maximum absolute atomic E-state index is 12.7. The van der Waals surface area contributed by atoms with E-state index in [0.717, 1.165) is 27.9 Å². The molecular formula is C25H23N5O3S. The average molecular weight is 474 g/mol. The van der Waals surface area contributed by atoms with Gasteiger partial charge >= 0.3 is 0 Å². The van der Waals surface area contributed by atoms with Gasteiger partial charge in [0, 0.05) is 22.7 Å². The number of hydrogen-bond donors (Lipinski definition) is 1. The number of amides is 1. The second kappa shape index (κ2) is 10.6.